The van der Waals surface area contributed by atoms with Crippen LogP contribution in [0, 0.1) is 0 Å². The SMILES string of the molecule is CCC(C)(c1ccc(C(C)(C)C)cc1)N(c1ccc2ccccc2c1)c1cccc2ccccc12. The van der Waals surface area contributed by atoms with Gasteiger partial charge in [0, 0.05) is 16.8 Å². The van der Waals surface area contributed by atoms with Gasteiger partial charge in [-0.15, -0.1) is 0 Å². The number of nitrogens with zero attached hydrogens (tertiary/aromatic N) is 1. The van der Waals surface area contributed by atoms with Gasteiger partial charge in [0.25, 0.3) is 0 Å². The molecule has 0 bridgehead atoms. The second-order valence-corrected chi connectivity index (χ2v) is 10.8. The Labute approximate surface area is 210 Å². The molecule has 0 spiro atoms. The maximum atomic E-state index is 2.56. The maximum Gasteiger partial charge on any atom is 0.0672 e. The molecule has 0 aromatic heterocycles. The van der Waals surface area contributed by atoms with Gasteiger partial charge in [-0.25, -0.2) is 0 Å². The third-order valence-electron chi connectivity index (χ3n) is 7.55. The van der Waals surface area contributed by atoms with Gasteiger partial charge in [-0.05, 0) is 64.2 Å². The number of benzene rings is 5. The highest BCUT2D eigenvalue weighted by Crippen LogP contribution is 2.45. The van der Waals surface area contributed by atoms with Crippen molar-refractivity contribution in [3.8, 4) is 0 Å². The highest BCUT2D eigenvalue weighted by molar-refractivity contribution is 5.97. The normalized spacial score (nSPS) is 13.6. The van der Waals surface area contributed by atoms with E-state index in [0.717, 1.165) is 6.42 Å². The fourth-order valence-electron chi connectivity index (χ4n) is 5.23. The number of rotatable bonds is 5. The molecule has 0 radical (unpaired) electrons. The van der Waals surface area contributed by atoms with Crippen molar-refractivity contribution in [3.05, 3.63) is 120 Å². The Balaban J connectivity index is 1.76. The molecule has 5 aromatic carbocycles. The fraction of sp³-hybridized carbons (Fsp3) is 0.235. The summed E-state index contributed by atoms with van der Waals surface area (Å²) in [5, 5.41) is 5.06. The lowest BCUT2D eigenvalue weighted by molar-refractivity contribution is 0.464. The van der Waals surface area contributed by atoms with E-state index in [9.17, 15) is 0 Å². The summed E-state index contributed by atoms with van der Waals surface area (Å²) in [7, 11) is 0. The van der Waals surface area contributed by atoms with E-state index in [0.29, 0.717) is 0 Å². The molecule has 5 rings (SSSR count). The lowest BCUT2D eigenvalue weighted by Gasteiger charge is -2.44. The third kappa shape index (κ3) is 4.21. The average molecular weight is 458 g/mol. The van der Waals surface area contributed by atoms with Crippen LogP contribution in [0.15, 0.2) is 109 Å². The molecule has 1 heteroatoms. The van der Waals surface area contributed by atoms with Gasteiger partial charge in [-0.1, -0.05) is 119 Å². The Kier molecular flexibility index (Phi) is 5.89. The molecule has 1 atom stereocenters. The molecule has 0 fully saturated rings. The van der Waals surface area contributed by atoms with Crippen molar-refractivity contribution in [3.63, 3.8) is 0 Å². The minimum Gasteiger partial charge on any atom is -0.331 e. The zero-order chi connectivity index (χ0) is 24.6. The standard InChI is InChI=1S/C34H35N/c1-6-34(5,29-21-19-28(20-22-29)33(2,3)4)35(30-23-18-25-12-7-8-14-27(25)24-30)32-17-11-15-26-13-9-10-16-31(26)32/h7-24H,6H2,1-5H3. The molecule has 0 aliphatic rings. The number of hydrogen-bond acceptors (Lipinski definition) is 1. The molecule has 5 aromatic rings. The minimum atomic E-state index is -0.233. The summed E-state index contributed by atoms with van der Waals surface area (Å²) in [5.74, 6) is 0. The quantitative estimate of drug-likeness (QED) is 0.254. The van der Waals surface area contributed by atoms with Crippen molar-refractivity contribution in [2.45, 2.75) is 52.0 Å². The third-order valence-corrected chi connectivity index (χ3v) is 7.55. The van der Waals surface area contributed by atoms with Crippen molar-refractivity contribution in [2.75, 3.05) is 4.90 Å². The van der Waals surface area contributed by atoms with Crippen LogP contribution in [0.3, 0.4) is 0 Å². The first-order valence-corrected chi connectivity index (χ1v) is 12.7. The van der Waals surface area contributed by atoms with Crippen LogP contribution in [-0.4, -0.2) is 0 Å². The Morgan fingerprint density at radius 3 is 1.86 bits per heavy atom. The highest BCUT2D eigenvalue weighted by atomic mass is 15.2. The Morgan fingerprint density at radius 1 is 0.571 bits per heavy atom. The molecule has 176 valence electrons. The molecule has 0 N–H and O–H groups in total. The van der Waals surface area contributed by atoms with E-state index >= 15 is 0 Å². The largest absolute Gasteiger partial charge is 0.331 e. The smallest absolute Gasteiger partial charge is 0.0672 e. The molecule has 0 saturated heterocycles. The molecular formula is C34H35N. The Morgan fingerprint density at radius 2 is 1.17 bits per heavy atom. The second-order valence-electron chi connectivity index (χ2n) is 10.8. The molecule has 0 amide bonds. The van der Waals surface area contributed by atoms with E-state index in [1.807, 2.05) is 0 Å². The summed E-state index contributed by atoms with van der Waals surface area (Å²) >= 11 is 0. The summed E-state index contributed by atoms with van der Waals surface area (Å²) in [6.07, 6.45) is 0.970. The van der Waals surface area contributed by atoms with Crippen molar-refractivity contribution >= 4 is 32.9 Å². The molecule has 0 aliphatic heterocycles. The summed E-state index contributed by atoms with van der Waals surface area (Å²) in [6, 6.07) is 40.2. The fourth-order valence-corrected chi connectivity index (χ4v) is 5.23. The monoisotopic (exact) mass is 457 g/mol. The van der Waals surface area contributed by atoms with Crippen LogP contribution in [0.25, 0.3) is 21.5 Å². The van der Waals surface area contributed by atoms with Crippen LogP contribution in [0.2, 0.25) is 0 Å². The Hall–Kier alpha value is -3.58. The first-order valence-electron chi connectivity index (χ1n) is 12.7. The number of anilines is 2. The average Bonchev–Trinajstić information content (AvgIpc) is 2.88. The van der Waals surface area contributed by atoms with Crippen LogP contribution < -0.4 is 4.90 Å². The van der Waals surface area contributed by atoms with Crippen LogP contribution in [0.5, 0.6) is 0 Å². The summed E-state index contributed by atoms with van der Waals surface area (Å²) in [5.41, 5.74) is 5.04. The van der Waals surface area contributed by atoms with Gasteiger partial charge in [0.1, 0.15) is 0 Å². The summed E-state index contributed by atoms with van der Waals surface area (Å²) in [4.78, 5) is 2.56. The van der Waals surface area contributed by atoms with E-state index < -0.39 is 0 Å². The van der Waals surface area contributed by atoms with E-state index in [4.69, 9.17) is 0 Å². The van der Waals surface area contributed by atoms with E-state index in [-0.39, 0.29) is 11.0 Å². The van der Waals surface area contributed by atoms with Gasteiger partial charge in [0.05, 0.1) is 5.54 Å². The lowest BCUT2D eigenvalue weighted by Crippen LogP contribution is -2.40. The van der Waals surface area contributed by atoms with Crippen molar-refractivity contribution in [1.29, 1.82) is 0 Å². The van der Waals surface area contributed by atoms with Crippen molar-refractivity contribution in [2.24, 2.45) is 0 Å². The first kappa shape index (κ1) is 23.2. The van der Waals surface area contributed by atoms with Crippen LogP contribution in [0.4, 0.5) is 11.4 Å². The zero-order valence-electron chi connectivity index (χ0n) is 21.5. The van der Waals surface area contributed by atoms with Crippen LogP contribution in [0.1, 0.15) is 52.2 Å². The van der Waals surface area contributed by atoms with Crippen molar-refractivity contribution < 1.29 is 0 Å². The van der Waals surface area contributed by atoms with Gasteiger partial charge >= 0.3 is 0 Å². The second kappa shape index (κ2) is 8.89. The molecule has 0 aliphatic carbocycles. The van der Waals surface area contributed by atoms with Gasteiger partial charge in [-0.2, -0.15) is 0 Å². The van der Waals surface area contributed by atoms with E-state index in [1.165, 1.54) is 44.0 Å². The van der Waals surface area contributed by atoms with Gasteiger partial charge in [0.15, 0.2) is 0 Å². The molecular weight excluding hydrogens is 422 g/mol. The minimum absolute atomic E-state index is 0.134. The predicted octanol–water partition coefficient (Wildman–Crippen LogP) is 9.75. The number of hydrogen-bond donors (Lipinski definition) is 0. The number of fused-ring (bicyclic) bond motifs is 2. The first-order chi connectivity index (χ1) is 16.8. The highest BCUT2D eigenvalue weighted by Gasteiger charge is 2.35. The topological polar surface area (TPSA) is 3.24 Å². The molecule has 1 nitrogen and oxygen atoms in total. The molecule has 35 heavy (non-hydrogen) atoms. The maximum absolute atomic E-state index is 2.56. The zero-order valence-corrected chi connectivity index (χ0v) is 21.5. The van der Waals surface area contributed by atoms with Gasteiger partial charge < -0.3 is 4.90 Å². The molecule has 0 heterocycles. The Bertz CT molecular complexity index is 1470. The molecule has 1 unspecified atom stereocenters. The summed E-state index contributed by atoms with van der Waals surface area (Å²) in [6.45, 7) is 11.5. The van der Waals surface area contributed by atoms with Gasteiger partial charge in [-0.3, -0.25) is 0 Å². The van der Waals surface area contributed by atoms with E-state index in [1.54, 1.807) is 0 Å². The van der Waals surface area contributed by atoms with E-state index in [2.05, 4.69) is 149 Å². The predicted molar refractivity (Wildman–Crippen MR) is 153 cm³/mol. The summed E-state index contributed by atoms with van der Waals surface area (Å²) < 4.78 is 0. The van der Waals surface area contributed by atoms with Crippen LogP contribution >= 0.6 is 0 Å². The lowest BCUT2D eigenvalue weighted by atomic mass is 9.82. The van der Waals surface area contributed by atoms with Crippen LogP contribution in [-0.2, 0) is 11.0 Å². The van der Waals surface area contributed by atoms with Gasteiger partial charge in [0.2, 0.25) is 0 Å². The van der Waals surface area contributed by atoms with Crippen molar-refractivity contribution in [1.82, 2.24) is 0 Å². The molecule has 0 saturated carbocycles.